The van der Waals surface area contributed by atoms with Gasteiger partial charge in [0.25, 0.3) is 0 Å². The predicted octanol–water partition coefficient (Wildman–Crippen LogP) is 1.58. The van der Waals surface area contributed by atoms with Crippen molar-refractivity contribution in [1.82, 2.24) is 20.1 Å². The third-order valence-corrected chi connectivity index (χ3v) is 5.59. The molecule has 0 bridgehead atoms. The standard InChI is InChI=1S/C21H34N4O4/c1-14(2)9-19(26)22-16-6-5-15(10-24(3)11-16)21(27)25-8-7-18-17(12-25)23-20(29-18)13-28-4/h14-16H,5-13H2,1-4H3,(H,22,26)/t15-,16+/m1/s1. The van der Waals surface area contributed by atoms with Gasteiger partial charge in [0.2, 0.25) is 17.7 Å². The molecule has 0 saturated carbocycles. The van der Waals surface area contributed by atoms with Gasteiger partial charge >= 0.3 is 0 Å². The van der Waals surface area contributed by atoms with Gasteiger partial charge in [0.1, 0.15) is 18.1 Å². The van der Waals surface area contributed by atoms with E-state index < -0.39 is 0 Å². The van der Waals surface area contributed by atoms with E-state index in [9.17, 15) is 9.59 Å². The van der Waals surface area contributed by atoms with Crippen LogP contribution in [0, 0.1) is 11.8 Å². The number of likely N-dealkylation sites (tertiary alicyclic amines) is 1. The third-order valence-electron chi connectivity index (χ3n) is 5.59. The second kappa shape index (κ2) is 9.71. The molecule has 1 saturated heterocycles. The first kappa shape index (κ1) is 21.8. The van der Waals surface area contributed by atoms with E-state index in [1.54, 1.807) is 7.11 Å². The number of nitrogens with zero attached hydrogens (tertiary/aromatic N) is 3. The summed E-state index contributed by atoms with van der Waals surface area (Å²) in [6.45, 7) is 7.08. The molecule has 0 aromatic carbocycles. The summed E-state index contributed by atoms with van der Waals surface area (Å²) in [5.74, 6) is 2.00. The van der Waals surface area contributed by atoms with Gasteiger partial charge in [0, 0.05) is 45.6 Å². The van der Waals surface area contributed by atoms with E-state index in [1.807, 2.05) is 25.8 Å². The zero-order valence-corrected chi connectivity index (χ0v) is 18.1. The molecule has 8 heteroatoms. The second-order valence-electron chi connectivity index (χ2n) is 8.78. The molecular formula is C21H34N4O4. The van der Waals surface area contributed by atoms with Crippen LogP contribution in [-0.4, -0.2) is 66.4 Å². The minimum absolute atomic E-state index is 0.0566. The average Bonchev–Trinajstić information content (AvgIpc) is 2.95. The monoisotopic (exact) mass is 406 g/mol. The Balaban J connectivity index is 1.57. The highest BCUT2D eigenvalue weighted by Gasteiger charge is 2.33. The van der Waals surface area contributed by atoms with Gasteiger partial charge in [-0.05, 0) is 25.8 Å². The van der Waals surface area contributed by atoms with E-state index >= 15 is 0 Å². The van der Waals surface area contributed by atoms with Crippen molar-refractivity contribution in [1.29, 1.82) is 0 Å². The summed E-state index contributed by atoms with van der Waals surface area (Å²) in [7, 11) is 3.64. The molecule has 1 aromatic rings. The molecule has 2 aliphatic rings. The van der Waals surface area contributed by atoms with Crippen LogP contribution < -0.4 is 5.32 Å². The maximum atomic E-state index is 13.2. The maximum absolute atomic E-state index is 13.2. The number of nitrogens with one attached hydrogen (secondary N) is 1. The van der Waals surface area contributed by atoms with E-state index in [1.165, 1.54) is 0 Å². The molecule has 1 fully saturated rings. The van der Waals surface area contributed by atoms with Crippen LogP contribution in [0.3, 0.4) is 0 Å². The number of hydrogen-bond donors (Lipinski definition) is 1. The van der Waals surface area contributed by atoms with Crippen molar-refractivity contribution in [2.75, 3.05) is 33.8 Å². The van der Waals surface area contributed by atoms with E-state index in [0.717, 1.165) is 30.8 Å². The highest BCUT2D eigenvalue weighted by Crippen LogP contribution is 2.24. The first-order valence-corrected chi connectivity index (χ1v) is 10.6. The Kier molecular flexibility index (Phi) is 7.29. The number of likely N-dealkylation sites (N-methyl/N-ethyl adjacent to an activating group) is 1. The largest absolute Gasteiger partial charge is 0.443 e. The van der Waals surface area contributed by atoms with Crippen molar-refractivity contribution < 1.29 is 18.7 Å². The number of methoxy groups -OCH3 is 1. The van der Waals surface area contributed by atoms with Gasteiger partial charge in [-0.3, -0.25) is 9.59 Å². The summed E-state index contributed by atoms with van der Waals surface area (Å²) in [5.41, 5.74) is 0.845. The summed E-state index contributed by atoms with van der Waals surface area (Å²) in [6, 6.07) is 0.101. The Hall–Kier alpha value is -1.93. The fraction of sp³-hybridized carbons (Fsp3) is 0.762. The molecule has 29 heavy (non-hydrogen) atoms. The van der Waals surface area contributed by atoms with E-state index in [0.29, 0.717) is 50.9 Å². The third kappa shape index (κ3) is 5.79. The lowest BCUT2D eigenvalue weighted by Crippen LogP contribution is -2.43. The quantitative estimate of drug-likeness (QED) is 0.772. The summed E-state index contributed by atoms with van der Waals surface area (Å²) in [6.07, 6.45) is 2.84. The number of carbonyl (C=O) groups excluding carboxylic acids is 2. The first-order valence-electron chi connectivity index (χ1n) is 10.6. The molecule has 2 aliphatic heterocycles. The van der Waals surface area contributed by atoms with Crippen LogP contribution in [0.5, 0.6) is 0 Å². The van der Waals surface area contributed by atoms with Crippen LogP contribution in [0.2, 0.25) is 0 Å². The van der Waals surface area contributed by atoms with Crippen molar-refractivity contribution in [3.63, 3.8) is 0 Å². The van der Waals surface area contributed by atoms with Gasteiger partial charge < -0.3 is 24.3 Å². The van der Waals surface area contributed by atoms with Crippen LogP contribution in [0.4, 0.5) is 0 Å². The molecule has 2 atom stereocenters. The van der Waals surface area contributed by atoms with Crippen LogP contribution in [0.1, 0.15) is 50.5 Å². The van der Waals surface area contributed by atoms with Gasteiger partial charge in [0.15, 0.2) is 0 Å². The Morgan fingerprint density at radius 1 is 1.31 bits per heavy atom. The van der Waals surface area contributed by atoms with E-state index in [-0.39, 0.29) is 23.8 Å². The Labute approximate surface area is 173 Å². The topological polar surface area (TPSA) is 87.9 Å². The Bertz CT molecular complexity index is 718. The Morgan fingerprint density at radius 3 is 2.83 bits per heavy atom. The lowest BCUT2D eigenvalue weighted by molar-refractivity contribution is -0.137. The minimum atomic E-state index is -0.0566. The number of amides is 2. The molecule has 162 valence electrons. The first-order chi connectivity index (χ1) is 13.9. The Morgan fingerprint density at radius 2 is 2.10 bits per heavy atom. The lowest BCUT2D eigenvalue weighted by Gasteiger charge is -2.30. The van der Waals surface area contributed by atoms with Crippen molar-refractivity contribution >= 4 is 11.8 Å². The number of aromatic nitrogens is 1. The summed E-state index contributed by atoms with van der Waals surface area (Å²) in [5, 5.41) is 3.15. The molecular weight excluding hydrogens is 372 g/mol. The van der Waals surface area contributed by atoms with E-state index in [4.69, 9.17) is 9.15 Å². The number of oxazole rings is 1. The number of hydrogen-bond acceptors (Lipinski definition) is 6. The fourth-order valence-electron chi connectivity index (χ4n) is 4.27. The van der Waals surface area contributed by atoms with Crippen molar-refractivity contribution in [2.45, 2.75) is 58.7 Å². The molecule has 1 N–H and O–H groups in total. The zero-order chi connectivity index (χ0) is 21.0. The van der Waals surface area contributed by atoms with Crippen LogP contribution in [-0.2, 0) is 33.9 Å². The van der Waals surface area contributed by atoms with E-state index in [2.05, 4.69) is 15.2 Å². The highest BCUT2D eigenvalue weighted by atomic mass is 16.5. The van der Waals surface area contributed by atoms with Crippen molar-refractivity contribution in [3.8, 4) is 0 Å². The number of fused-ring (bicyclic) bond motifs is 1. The molecule has 0 spiro atoms. The zero-order valence-electron chi connectivity index (χ0n) is 18.1. The summed E-state index contributed by atoms with van der Waals surface area (Å²) >= 11 is 0. The fourth-order valence-corrected chi connectivity index (χ4v) is 4.27. The van der Waals surface area contributed by atoms with Gasteiger partial charge in [-0.2, -0.15) is 0 Å². The number of carbonyl (C=O) groups is 2. The SMILES string of the molecule is COCc1nc2c(o1)CCN(C(=O)[C@@H]1CC[C@H](NC(=O)CC(C)C)CN(C)C1)C2. The summed E-state index contributed by atoms with van der Waals surface area (Å²) in [4.78, 5) is 33.9. The normalized spacial score (nSPS) is 23.0. The van der Waals surface area contributed by atoms with Crippen LogP contribution >= 0.6 is 0 Å². The minimum Gasteiger partial charge on any atom is -0.443 e. The summed E-state index contributed by atoms with van der Waals surface area (Å²) < 4.78 is 10.8. The van der Waals surface area contributed by atoms with Crippen LogP contribution in [0.15, 0.2) is 4.42 Å². The number of rotatable bonds is 6. The molecule has 2 amide bonds. The maximum Gasteiger partial charge on any atom is 0.227 e. The molecule has 0 aliphatic carbocycles. The highest BCUT2D eigenvalue weighted by molar-refractivity contribution is 5.79. The average molecular weight is 407 g/mol. The van der Waals surface area contributed by atoms with Gasteiger partial charge in [0.05, 0.1) is 12.5 Å². The molecule has 8 nitrogen and oxygen atoms in total. The van der Waals surface area contributed by atoms with Crippen molar-refractivity contribution in [3.05, 3.63) is 17.3 Å². The predicted molar refractivity (Wildman–Crippen MR) is 108 cm³/mol. The van der Waals surface area contributed by atoms with Crippen LogP contribution in [0.25, 0.3) is 0 Å². The lowest BCUT2D eigenvalue weighted by atomic mass is 9.99. The van der Waals surface area contributed by atoms with Gasteiger partial charge in [-0.25, -0.2) is 4.98 Å². The van der Waals surface area contributed by atoms with Gasteiger partial charge in [-0.15, -0.1) is 0 Å². The molecule has 3 rings (SSSR count). The molecule has 0 unspecified atom stereocenters. The molecule has 0 radical (unpaired) electrons. The van der Waals surface area contributed by atoms with Gasteiger partial charge in [-0.1, -0.05) is 13.8 Å². The molecule has 1 aromatic heterocycles. The second-order valence-corrected chi connectivity index (χ2v) is 8.78. The van der Waals surface area contributed by atoms with Crippen molar-refractivity contribution in [2.24, 2.45) is 11.8 Å². The molecule has 3 heterocycles. The number of ether oxygens (including phenoxy) is 1. The smallest absolute Gasteiger partial charge is 0.227 e.